The van der Waals surface area contributed by atoms with Crippen LogP contribution in [0.5, 0.6) is 11.5 Å². The Balaban J connectivity index is 1.70. The molecule has 0 aromatic heterocycles. The van der Waals surface area contributed by atoms with Crippen molar-refractivity contribution in [3.63, 3.8) is 0 Å². The van der Waals surface area contributed by atoms with Gasteiger partial charge in [-0.15, -0.1) is 0 Å². The second-order valence-electron chi connectivity index (χ2n) is 4.72. The molecule has 22 heavy (non-hydrogen) atoms. The number of aromatic hydroxyl groups is 1. The molecule has 0 aliphatic heterocycles. The predicted molar refractivity (Wildman–Crippen MR) is 76.8 cm³/mol. The minimum absolute atomic E-state index is 0.209. The number of alkyl halides is 3. The first-order valence-corrected chi connectivity index (χ1v) is 6.74. The summed E-state index contributed by atoms with van der Waals surface area (Å²) in [6.07, 6.45) is -4.33. The fraction of sp³-hybridized carbons (Fsp3) is 0.250. The summed E-state index contributed by atoms with van der Waals surface area (Å²) in [7, 11) is 0. The lowest BCUT2D eigenvalue weighted by Gasteiger charge is -2.10. The van der Waals surface area contributed by atoms with Gasteiger partial charge in [0.2, 0.25) is 0 Å². The zero-order valence-corrected chi connectivity index (χ0v) is 11.7. The second-order valence-corrected chi connectivity index (χ2v) is 4.72. The van der Waals surface area contributed by atoms with E-state index in [-0.39, 0.29) is 5.75 Å². The third kappa shape index (κ3) is 4.96. The third-order valence-corrected chi connectivity index (χ3v) is 2.97. The minimum Gasteiger partial charge on any atom is -0.508 e. The summed E-state index contributed by atoms with van der Waals surface area (Å²) in [6, 6.07) is 11.5. The van der Waals surface area contributed by atoms with Gasteiger partial charge >= 0.3 is 6.18 Å². The normalized spacial score (nSPS) is 11.4. The molecule has 3 nitrogen and oxygen atoms in total. The number of nitrogens with one attached hydrogen (secondary N) is 1. The molecule has 0 aliphatic carbocycles. The van der Waals surface area contributed by atoms with Crippen molar-refractivity contribution >= 4 is 0 Å². The van der Waals surface area contributed by atoms with Crippen molar-refractivity contribution in [2.45, 2.75) is 12.7 Å². The Bertz CT molecular complexity index is 597. The smallest absolute Gasteiger partial charge is 0.416 e. The number of benzene rings is 2. The molecule has 2 N–H and O–H groups in total. The molecule has 0 heterocycles. The molecular formula is C16H16F3NO2. The van der Waals surface area contributed by atoms with Crippen LogP contribution in [0.3, 0.4) is 0 Å². The van der Waals surface area contributed by atoms with Crippen LogP contribution in [0.25, 0.3) is 0 Å². The van der Waals surface area contributed by atoms with Crippen LogP contribution < -0.4 is 10.1 Å². The van der Waals surface area contributed by atoms with Crippen LogP contribution in [0.2, 0.25) is 0 Å². The number of hydrogen-bond donors (Lipinski definition) is 2. The lowest BCUT2D eigenvalue weighted by atomic mass is 10.2. The summed E-state index contributed by atoms with van der Waals surface area (Å²) in [5.41, 5.74) is 0.247. The molecule has 2 aromatic rings. The van der Waals surface area contributed by atoms with Gasteiger partial charge in [-0.05, 0) is 42.0 Å². The molecule has 0 spiro atoms. The number of rotatable bonds is 6. The molecule has 0 saturated carbocycles. The van der Waals surface area contributed by atoms with Gasteiger partial charge in [0.25, 0.3) is 0 Å². The summed E-state index contributed by atoms with van der Waals surface area (Å²) in [6.45, 7) is 1.45. The lowest BCUT2D eigenvalue weighted by Crippen LogP contribution is -2.20. The molecule has 0 saturated heterocycles. The summed E-state index contributed by atoms with van der Waals surface area (Å²) >= 11 is 0. The van der Waals surface area contributed by atoms with E-state index in [9.17, 15) is 18.3 Å². The fourth-order valence-corrected chi connectivity index (χ4v) is 1.88. The van der Waals surface area contributed by atoms with Crippen LogP contribution in [0.15, 0.2) is 48.5 Å². The van der Waals surface area contributed by atoms with Gasteiger partial charge in [-0.25, -0.2) is 0 Å². The first kappa shape index (κ1) is 16.2. The lowest BCUT2D eigenvalue weighted by molar-refractivity contribution is -0.137. The van der Waals surface area contributed by atoms with Crippen molar-refractivity contribution in [2.24, 2.45) is 0 Å². The molecule has 0 fully saturated rings. The van der Waals surface area contributed by atoms with Crippen LogP contribution in [-0.4, -0.2) is 18.3 Å². The SMILES string of the molecule is Oc1cccc(CNCCOc2ccc(C(F)(F)F)cc2)c1. The minimum atomic E-state index is -4.33. The van der Waals surface area contributed by atoms with Crippen molar-refractivity contribution in [3.05, 3.63) is 59.7 Å². The van der Waals surface area contributed by atoms with Gasteiger partial charge in [-0.2, -0.15) is 13.2 Å². The molecule has 0 bridgehead atoms. The Morgan fingerprint density at radius 1 is 1.05 bits per heavy atom. The maximum absolute atomic E-state index is 12.4. The Morgan fingerprint density at radius 3 is 2.41 bits per heavy atom. The molecule has 2 aromatic carbocycles. The van der Waals surface area contributed by atoms with Crippen LogP contribution in [-0.2, 0) is 12.7 Å². The number of ether oxygens (including phenoxy) is 1. The highest BCUT2D eigenvalue weighted by molar-refractivity contribution is 5.29. The maximum Gasteiger partial charge on any atom is 0.416 e. The average Bonchev–Trinajstić information content (AvgIpc) is 2.46. The standard InChI is InChI=1S/C16H16F3NO2/c17-16(18,19)13-4-6-15(7-5-13)22-9-8-20-11-12-2-1-3-14(21)10-12/h1-7,10,20-21H,8-9,11H2. The van der Waals surface area contributed by atoms with Crippen LogP contribution >= 0.6 is 0 Å². The number of halogens is 3. The Hall–Kier alpha value is -2.21. The predicted octanol–water partition coefficient (Wildman–Crippen LogP) is 3.58. The van der Waals surface area contributed by atoms with E-state index >= 15 is 0 Å². The zero-order valence-electron chi connectivity index (χ0n) is 11.7. The highest BCUT2D eigenvalue weighted by Crippen LogP contribution is 2.30. The van der Waals surface area contributed by atoms with E-state index < -0.39 is 11.7 Å². The first-order chi connectivity index (χ1) is 10.4. The van der Waals surface area contributed by atoms with Crippen LogP contribution in [0.4, 0.5) is 13.2 Å². The van der Waals surface area contributed by atoms with Crippen molar-refractivity contribution in [1.82, 2.24) is 5.32 Å². The van der Waals surface area contributed by atoms with Gasteiger partial charge in [-0.3, -0.25) is 0 Å². The van der Waals surface area contributed by atoms with Crippen molar-refractivity contribution < 1.29 is 23.0 Å². The monoisotopic (exact) mass is 311 g/mol. The van der Waals surface area contributed by atoms with E-state index in [1.54, 1.807) is 18.2 Å². The highest BCUT2D eigenvalue weighted by atomic mass is 19.4. The average molecular weight is 311 g/mol. The Labute approximate surface area is 126 Å². The molecular weight excluding hydrogens is 295 g/mol. The molecule has 0 radical (unpaired) electrons. The number of phenolic OH excluding ortho intramolecular Hbond substituents is 1. The van der Waals surface area contributed by atoms with Crippen LogP contribution in [0.1, 0.15) is 11.1 Å². The Kier molecular flexibility index (Phi) is 5.27. The summed E-state index contributed by atoms with van der Waals surface area (Å²) in [5, 5.41) is 12.4. The third-order valence-electron chi connectivity index (χ3n) is 2.97. The van der Waals surface area contributed by atoms with Crippen molar-refractivity contribution in [1.29, 1.82) is 0 Å². The molecule has 6 heteroatoms. The molecule has 118 valence electrons. The number of hydrogen-bond acceptors (Lipinski definition) is 3. The number of phenols is 1. The Morgan fingerprint density at radius 2 is 1.77 bits per heavy atom. The van der Waals surface area contributed by atoms with Gasteiger partial charge < -0.3 is 15.2 Å². The largest absolute Gasteiger partial charge is 0.508 e. The topological polar surface area (TPSA) is 41.5 Å². The highest BCUT2D eigenvalue weighted by Gasteiger charge is 2.29. The van der Waals surface area contributed by atoms with Gasteiger partial charge in [0.05, 0.1) is 5.56 Å². The fourth-order valence-electron chi connectivity index (χ4n) is 1.88. The van der Waals surface area contributed by atoms with E-state index in [0.29, 0.717) is 25.4 Å². The summed E-state index contributed by atoms with van der Waals surface area (Å²) in [4.78, 5) is 0. The van der Waals surface area contributed by atoms with E-state index in [1.807, 2.05) is 6.07 Å². The van der Waals surface area contributed by atoms with Crippen molar-refractivity contribution in [2.75, 3.05) is 13.2 Å². The quantitative estimate of drug-likeness (QED) is 0.801. The summed E-state index contributed by atoms with van der Waals surface area (Å²) in [5.74, 6) is 0.604. The van der Waals surface area contributed by atoms with Gasteiger partial charge in [0.1, 0.15) is 18.1 Å². The summed E-state index contributed by atoms with van der Waals surface area (Å²) < 4.78 is 42.5. The molecule has 2 rings (SSSR count). The second kappa shape index (κ2) is 7.17. The van der Waals surface area contributed by atoms with Gasteiger partial charge in [-0.1, -0.05) is 12.1 Å². The van der Waals surface area contributed by atoms with Gasteiger partial charge in [0.15, 0.2) is 0 Å². The molecule has 0 amide bonds. The molecule has 0 aliphatic rings. The molecule has 0 atom stereocenters. The van der Waals surface area contributed by atoms with E-state index in [1.165, 1.54) is 12.1 Å². The van der Waals surface area contributed by atoms with Gasteiger partial charge in [0, 0.05) is 13.1 Å². The van der Waals surface area contributed by atoms with Crippen LogP contribution in [0, 0.1) is 0 Å². The zero-order chi connectivity index (χ0) is 16.0. The van der Waals surface area contributed by atoms with Crippen molar-refractivity contribution in [3.8, 4) is 11.5 Å². The van der Waals surface area contributed by atoms with E-state index in [2.05, 4.69) is 5.32 Å². The molecule has 0 unspecified atom stereocenters. The van der Waals surface area contributed by atoms with E-state index in [0.717, 1.165) is 17.7 Å². The van der Waals surface area contributed by atoms with E-state index in [4.69, 9.17) is 4.74 Å². The first-order valence-electron chi connectivity index (χ1n) is 6.74. The maximum atomic E-state index is 12.4.